The molecular weight excluding hydrogens is 408 g/mol. The van der Waals surface area contributed by atoms with Crippen molar-refractivity contribution in [2.24, 2.45) is 5.92 Å². The standard InChI is InChI=1S/C25H30N2OS2/c28-19-23-18-27-24(30-23)26-16-17-29-25(20-10-4-1-5-11-20,21-12-6-2-7-13-21)22-14-8-3-9-15-22/h1-2,4-7,10-13,18,22,28H,3,8-9,14-17,19H2,(H,26,27). The van der Waals surface area contributed by atoms with Gasteiger partial charge in [0, 0.05) is 18.5 Å². The number of thioether (sulfide) groups is 1. The largest absolute Gasteiger partial charge is 0.391 e. The highest BCUT2D eigenvalue weighted by atomic mass is 32.2. The SMILES string of the molecule is OCc1cnc(NCCSC(c2ccccc2)(c2ccccc2)C2CCCCC2)s1. The number of hydrogen-bond acceptors (Lipinski definition) is 5. The summed E-state index contributed by atoms with van der Waals surface area (Å²) >= 11 is 3.61. The molecule has 0 bridgehead atoms. The molecule has 0 spiro atoms. The average Bonchev–Trinajstić information content (AvgIpc) is 3.29. The van der Waals surface area contributed by atoms with Gasteiger partial charge in [0.05, 0.1) is 16.2 Å². The summed E-state index contributed by atoms with van der Waals surface area (Å²) in [6, 6.07) is 22.2. The van der Waals surface area contributed by atoms with Crippen LogP contribution in [0.2, 0.25) is 0 Å². The van der Waals surface area contributed by atoms with Crippen molar-refractivity contribution in [2.45, 2.75) is 43.5 Å². The minimum Gasteiger partial charge on any atom is -0.391 e. The van der Waals surface area contributed by atoms with Gasteiger partial charge in [0.1, 0.15) is 0 Å². The molecule has 0 radical (unpaired) electrons. The summed E-state index contributed by atoms with van der Waals surface area (Å²) in [5.74, 6) is 1.64. The average molecular weight is 439 g/mol. The number of anilines is 1. The van der Waals surface area contributed by atoms with Gasteiger partial charge >= 0.3 is 0 Å². The first-order valence-corrected chi connectivity index (χ1v) is 12.7. The third-order valence-corrected chi connectivity index (χ3v) is 8.61. The summed E-state index contributed by atoms with van der Waals surface area (Å²) < 4.78 is -0.0241. The zero-order valence-corrected chi connectivity index (χ0v) is 18.9. The van der Waals surface area contributed by atoms with Crippen LogP contribution < -0.4 is 5.32 Å². The molecule has 3 nitrogen and oxygen atoms in total. The molecule has 1 aliphatic carbocycles. The van der Waals surface area contributed by atoms with Crippen molar-refractivity contribution in [3.05, 3.63) is 82.9 Å². The summed E-state index contributed by atoms with van der Waals surface area (Å²) in [7, 11) is 0. The summed E-state index contributed by atoms with van der Waals surface area (Å²) in [5.41, 5.74) is 2.84. The number of aliphatic hydroxyl groups is 1. The molecular formula is C25H30N2OS2. The maximum atomic E-state index is 9.26. The van der Waals surface area contributed by atoms with Gasteiger partial charge in [-0.05, 0) is 29.9 Å². The van der Waals surface area contributed by atoms with Crippen molar-refractivity contribution in [3.8, 4) is 0 Å². The van der Waals surface area contributed by atoms with Gasteiger partial charge in [-0.15, -0.1) is 11.8 Å². The van der Waals surface area contributed by atoms with Gasteiger partial charge in [0.15, 0.2) is 5.13 Å². The van der Waals surface area contributed by atoms with Crippen LogP contribution >= 0.6 is 23.1 Å². The molecule has 0 unspecified atom stereocenters. The Hall–Kier alpha value is -1.82. The van der Waals surface area contributed by atoms with Crippen LogP contribution in [0.4, 0.5) is 5.13 Å². The molecule has 1 fully saturated rings. The van der Waals surface area contributed by atoms with E-state index in [0.717, 1.165) is 22.3 Å². The van der Waals surface area contributed by atoms with Gasteiger partial charge < -0.3 is 10.4 Å². The van der Waals surface area contributed by atoms with Crippen molar-refractivity contribution in [2.75, 3.05) is 17.6 Å². The van der Waals surface area contributed by atoms with Crippen molar-refractivity contribution < 1.29 is 5.11 Å². The minimum absolute atomic E-state index is 0.0241. The number of benzene rings is 2. The molecule has 0 aliphatic heterocycles. The molecule has 0 saturated heterocycles. The second-order valence-electron chi connectivity index (χ2n) is 7.87. The van der Waals surface area contributed by atoms with Crippen LogP contribution in [0, 0.1) is 5.92 Å². The first kappa shape index (κ1) is 21.4. The maximum absolute atomic E-state index is 9.26. The van der Waals surface area contributed by atoms with Crippen LogP contribution in [0.1, 0.15) is 48.1 Å². The van der Waals surface area contributed by atoms with Gasteiger partial charge in [-0.3, -0.25) is 0 Å². The molecule has 1 heterocycles. The zero-order valence-electron chi connectivity index (χ0n) is 17.3. The zero-order chi connectivity index (χ0) is 20.7. The van der Waals surface area contributed by atoms with Crippen LogP contribution in [0.5, 0.6) is 0 Å². The number of aliphatic hydroxyl groups excluding tert-OH is 1. The van der Waals surface area contributed by atoms with E-state index < -0.39 is 0 Å². The minimum atomic E-state index is -0.0241. The lowest BCUT2D eigenvalue weighted by Gasteiger charge is -2.43. The lowest BCUT2D eigenvalue weighted by molar-refractivity contribution is 0.285. The number of nitrogens with zero attached hydrogens (tertiary/aromatic N) is 1. The molecule has 0 amide bonds. The number of thiazole rings is 1. The van der Waals surface area contributed by atoms with Gasteiger partial charge in [-0.1, -0.05) is 91.3 Å². The number of aromatic nitrogens is 1. The molecule has 158 valence electrons. The van der Waals surface area contributed by atoms with E-state index in [1.165, 1.54) is 54.6 Å². The Kier molecular flexibility index (Phi) is 7.47. The Morgan fingerprint density at radius 1 is 0.967 bits per heavy atom. The number of nitrogens with one attached hydrogen (secondary N) is 1. The monoisotopic (exact) mass is 438 g/mol. The van der Waals surface area contributed by atoms with Gasteiger partial charge in [-0.2, -0.15) is 0 Å². The number of rotatable bonds is 9. The molecule has 4 rings (SSSR count). The Morgan fingerprint density at radius 2 is 1.60 bits per heavy atom. The third-order valence-electron chi connectivity index (χ3n) is 6.00. The molecule has 5 heteroatoms. The quantitative estimate of drug-likeness (QED) is 0.385. The maximum Gasteiger partial charge on any atom is 0.182 e. The van der Waals surface area contributed by atoms with Crippen LogP contribution in [-0.2, 0) is 11.4 Å². The van der Waals surface area contributed by atoms with E-state index in [1.54, 1.807) is 6.20 Å². The highest BCUT2D eigenvalue weighted by Crippen LogP contribution is 2.53. The topological polar surface area (TPSA) is 45.2 Å². The molecule has 1 aromatic heterocycles. The van der Waals surface area contributed by atoms with E-state index >= 15 is 0 Å². The van der Waals surface area contributed by atoms with Crippen molar-refractivity contribution in [3.63, 3.8) is 0 Å². The summed E-state index contributed by atoms with van der Waals surface area (Å²) in [4.78, 5) is 5.26. The van der Waals surface area contributed by atoms with E-state index in [2.05, 4.69) is 82.7 Å². The van der Waals surface area contributed by atoms with Crippen LogP contribution in [0.3, 0.4) is 0 Å². The third kappa shape index (κ3) is 4.74. The molecule has 2 N–H and O–H groups in total. The predicted molar refractivity (Wildman–Crippen MR) is 129 cm³/mol. The first-order valence-electron chi connectivity index (χ1n) is 10.9. The fourth-order valence-electron chi connectivity index (χ4n) is 4.64. The Labute approximate surface area is 188 Å². The molecule has 2 aromatic carbocycles. The molecule has 3 aromatic rings. The van der Waals surface area contributed by atoms with E-state index in [-0.39, 0.29) is 11.4 Å². The van der Waals surface area contributed by atoms with E-state index in [4.69, 9.17) is 0 Å². The lowest BCUT2D eigenvalue weighted by atomic mass is 9.72. The normalized spacial score (nSPS) is 15.2. The fraction of sp³-hybridized carbons (Fsp3) is 0.400. The van der Waals surface area contributed by atoms with Crippen LogP contribution in [-0.4, -0.2) is 22.4 Å². The molecule has 30 heavy (non-hydrogen) atoms. The molecule has 1 aliphatic rings. The first-order chi connectivity index (χ1) is 14.8. The second-order valence-corrected chi connectivity index (χ2v) is 10.3. The van der Waals surface area contributed by atoms with Crippen LogP contribution in [0.15, 0.2) is 66.9 Å². The van der Waals surface area contributed by atoms with Gasteiger partial charge in [-0.25, -0.2) is 4.98 Å². The van der Waals surface area contributed by atoms with Crippen LogP contribution in [0.25, 0.3) is 0 Å². The predicted octanol–water partition coefficient (Wildman–Crippen LogP) is 6.30. The second kappa shape index (κ2) is 10.5. The Balaban J connectivity index is 1.60. The molecule has 1 saturated carbocycles. The highest BCUT2D eigenvalue weighted by Gasteiger charge is 2.42. The van der Waals surface area contributed by atoms with Crippen molar-refractivity contribution >= 4 is 28.2 Å². The van der Waals surface area contributed by atoms with E-state index in [9.17, 15) is 5.11 Å². The smallest absolute Gasteiger partial charge is 0.182 e. The van der Waals surface area contributed by atoms with Crippen molar-refractivity contribution in [1.29, 1.82) is 0 Å². The summed E-state index contributed by atoms with van der Waals surface area (Å²) in [5, 5.41) is 13.6. The van der Waals surface area contributed by atoms with E-state index in [0.29, 0.717) is 5.92 Å². The summed E-state index contributed by atoms with van der Waals surface area (Å²) in [6.07, 6.45) is 8.34. The molecule has 0 atom stereocenters. The Bertz CT molecular complexity index is 852. The fourth-order valence-corrected chi connectivity index (χ4v) is 6.94. The van der Waals surface area contributed by atoms with E-state index in [1.807, 2.05) is 0 Å². The number of hydrogen-bond donors (Lipinski definition) is 2. The van der Waals surface area contributed by atoms with Crippen molar-refractivity contribution in [1.82, 2.24) is 4.98 Å². The Morgan fingerprint density at radius 3 is 2.17 bits per heavy atom. The lowest BCUT2D eigenvalue weighted by Crippen LogP contribution is -2.35. The highest BCUT2D eigenvalue weighted by molar-refractivity contribution is 8.00. The van der Waals surface area contributed by atoms with Gasteiger partial charge in [0.25, 0.3) is 0 Å². The van der Waals surface area contributed by atoms with Gasteiger partial charge in [0.2, 0.25) is 0 Å². The summed E-state index contributed by atoms with van der Waals surface area (Å²) in [6.45, 7) is 0.915.